The minimum Gasteiger partial charge on any atom is -0.364 e. The van der Waals surface area contributed by atoms with E-state index in [2.05, 4.69) is 57.0 Å². The van der Waals surface area contributed by atoms with Crippen molar-refractivity contribution >= 4 is 35.3 Å². The molecule has 6 heteroatoms. The topological polar surface area (TPSA) is 69.7 Å². The van der Waals surface area contributed by atoms with E-state index < -0.39 is 17.8 Å². The molecule has 4 amide bonds. The maximum Gasteiger partial charge on any atom is 0.335 e. The third-order valence-electron chi connectivity index (χ3n) is 6.87. The van der Waals surface area contributed by atoms with Crippen molar-refractivity contribution in [3.05, 3.63) is 64.2 Å². The number of hydrogen-bond donors (Lipinski definition) is 1. The predicted octanol–water partition coefficient (Wildman–Crippen LogP) is 5.47. The number of nitrogens with one attached hydrogen (secondary N) is 1. The molecule has 34 heavy (non-hydrogen) atoms. The second-order valence-electron chi connectivity index (χ2n) is 10.4. The summed E-state index contributed by atoms with van der Waals surface area (Å²) in [5.74, 6) is -0.958. The first-order valence-electron chi connectivity index (χ1n) is 11.8. The summed E-state index contributed by atoms with van der Waals surface area (Å²) in [4.78, 5) is 42.0. The molecule has 2 aliphatic heterocycles. The highest BCUT2D eigenvalue weighted by Crippen LogP contribution is 2.45. The van der Waals surface area contributed by atoms with Crippen molar-refractivity contribution in [1.29, 1.82) is 0 Å². The molecule has 1 saturated heterocycles. The van der Waals surface area contributed by atoms with Gasteiger partial charge in [0.15, 0.2) is 0 Å². The molecule has 2 aromatic carbocycles. The van der Waals surface area contributed by atoms with Gasteiger partial charge in [-0.15, -0.1) is 0 Å². The lowest BCUT2D eigenvalue weighted by Crippen LogP contribution is -2.54. The average Bonchev–Trinajstić information content (AvgIpc) is 2.72. The Bertz CT molecular complexity index is 1210. The lowest BCUT2D eigenvalue weighted by Gasteiger charge is -2.50. The third kappa shape index (κ3) is 4.02. The highest BCUT2D eigenvalue weighted by molar-refractivity contribution is 6.39. The van der Waals surface area contributed by atoms with Gasteiger partial charge in [0, 0.05) is 17.3 Å². The molecule has 2 aliphatic rings. The molecule has 1 atom stereocenters. The molecule has 1 N–H and O–H groups in total. The molecule has 178 valence electrons. The van der Waals surface area contributed by atoms with Crippen LogP contribution in [0.1, 0.15) is 69.2 Å². The van der Waals surface area contributed by atoms with Crippen molar-refractivity contribution < 1.29 is 14.4 Å². The molecule has 0 aromatic heterocycles. The van der Waals surface area contributed by atoms with Crippen LogP contribution in [-0.4, -0.2) is 29.4 Å². The highest BCUT2D eigenvalue weighted by atomic mass is 16.2. The Balaban J connectivity index is 1.78. The van der Waals surface area contributed by atoms with Gasteiger partial charge >= 0.3 is 6.03 Å². The number of barbiturate groups is 1. The standard InChI is InChI=1S/C28H33N3O3/c1-16(2)31-24-12-18(4)20(13-22(24)19(5)15-28(31,6)7)14-23-25(32)29-27(34)30(26(23)33)21-10-8-17(3)9-11-21/h8-14,16,19H,15H2,1-7H3,(H,29,32,34)/b23-14+/t19-/m0/s1. The summed E-state index contributed by atoms with van der Waals surface area (Å²) < 4.78 is 0. The van der Waals surface area contributed by atoms with E-state index in [0.717, 1.165) is 28.0 Å². The fraction of sp³-hybridized carbons (Fsp3) is 0.393. The zero-order valence-electron chi connectivity index (χ0n) is 21.0. The van der Waals surface area contributed by atoms with Crippen LogP contribution in [0.3, 0.4) is 0 Å². The number of anilines is 2. The number of fused-ring (bicyclic) bond motifs is 1. The summed E-state index contributed by atoms with van der Waals surface area (Å²) in [5.41, 5.74) is 5.62. The number of imide groups is 2. The second-order valence-corrected chi connectivity index (χ2v) is 10.4. The number of carbonyl (C=O) groups is 3. The molecule has 0 bridgehead atoms. The van der Waals surface area contributed by atoms with Gasteiger partial charge in [-0.3, -0.25) is 14.9 Å². The van der Waals surface area contributed by atoms with Crippen LogP contribution in [0.15, 0.2) is 42.0 Å². The van der Waals surface area contributed by atoms with Gasteiger partial charge in [-0.2, -0.15) is 0 Å². The Morgan fingerprint density at radius 3 is 2.32 bits per heavy atom. The van der Waals surface area contributed by atoms with E-state index in [0.29, 0.717) is 17.6 Å². The van der Waals surface area contributed by atoms with Crippen LogP contribution in [0.25, 0.3) is 6.08 Å². The summed E-state index contributed by atoms with van der Waals surface area (Å²) in [7, 11) is 0. The van der Waals surface area contributed by atoms with E-state index in [1.54, 1.807) is 18.2 Å². The van der Waals surface area contributed by atoms with E-state index in [-0.39, 0.29) is 11.1 Å². The SMILES string of the molecule is Cc1ccc(N2C(=O)NC(=O)/C(=C\c3cc4c(cc3C)N(C(C)C)C(C)(C)C[C@@H]4C)C2=O)cc1. The van der Waals surface area contributed by atoms with Crippen LogP contribution in [0.5, 0.6) is 0 Å². The second kappa shape index (κ2) is 8.42. The van der Waals surface area contributed by atoms with Gasteiger partial charge in [-0.25, -0.2) is 9.69 Å². The Hall–Kier alpha value is -3.41. The molecule has 4 rings (SSSR count). The molecule has 0 aliphatic carbocycles. The first-order valence-corrected chi connectivity index (χ1v) is 11.8. The van der Waals surface area contributed by atoms with Gasteiger partial charge in [0.25, 0.3) is 11.8 Å². The molecule has 0 radical (unpaired) electrons. The number of hydrogen-bond acceptors (Lipinski definition) is 4. The summed E-state index contributed by atoms with van der Waals surface area (Å²) in [6, 6.07) is 10.9. The maximum absolute atomic E-state index is 13.3. The Kier molecular flexibility index (Phi) is 5.88. The minimum atomic E-state index is -0.735. The Morgan fingerprint density at radius 1 is 1.06 bits per heavy atom. The van der Waals surface area contributed by atoms with E-state index in [1.165, 1.54) is 11.3 Å². The zero-order chi connectivity index (χ0) is 24.9. The summed E-state index contributed by atoms with van der Waals surface area (Å²) in [6.45, 7) is 15.1. The zero-order valence-corrected chi connectivity index (χ0v) is 21.0. The molecule has 0 unspecified atom stereocenters. The summed E-state index contributed by atoms with van der Waals surface area (Å²) in [6.07, 6.45) is 2.62. The molecule has 6 nitrogen and oxygen atoms in total. The molecule has 1 fully saturated rings. The van der Waals surface area contributed by atoms with Gasteiger partial charge in [0.2, 0.25) is 0 Å². The van der Waals surface area contributed by atoms with Crippen LogP contribution in [0.2, 0.25) is 0 Å². The normalized spacial score (nSPS) is 21.2. The number of urea groups is 1. The van der Waals surface area contributed by atoms with Crippen LogP contribution < -0.4 is 15.1 Å². The highest BCUT2D eigenvalue weighted by Gasteiger charge is 2.39. The van der Waals surface area contributed by atoms with Gasteiger partial charge in [0.05, 0.1) is 5.69 Å². The minimum absolute atomic E-state index is 0.0289. The maximum atomic E-state index is 13.3. The van der Waals surface area contributed by atoms with Crippen molar-refractivity contribution in [2.75, 3.05) is 9.80 Å². The smallest absolute Gasteiger partial charge is 0.335 e. The summed E-state index contributed by atoms with van der Waals surface area (Å²) >= 11 is 0. The van der Waals surface area contributed by atoms with Gasteiger partial charge in [-0.05, 0) is 101 Å². The van der Waals surface area contributed by atoms with E-state index in [9.17, 15) is 14.4 Å². The number of aryl methyl sites for hydroxylation is 2. The summed E-state index contributed by atoms with van der Waals surface area (Å²) in [5, 5.41) is 2.32. The van der Waals surface area contributed by atoms with Crippen molar-refractivity contribution in [3.63, 3.8) is 0 Å². The van der Waals surface area contributed by atoms with Gasteiger partial charge < -0.3 is 4.90 Å². The average molecular weight is 460 g/mol. The van der Waals surface area contributed by atoms with Crippen molar-refractivity contribution in [3.8, 4) is 0 Å². The Morgan fingerprint density at radius 2 is 1.71 bits per heavy atom. The largest absolute Gasteiger partial charge is 0.364 e. The van der Waals surface area contributed by atoms with Crippen LogP contribution in [-0.2, 0) is 9.59 Å². The van der Waals surface area contributed by atoms with Crippen molar-refractivity contribution in [2.45, 2.75) is 72.4 Å². The quantitative estimate of drug-likeness (QED) is 0.488. The molecule has 0 saturated carbocycles. The Labute approximate surface area is 201 Å². The van der Waals surface area contributed by atoms with Gasteiger partial charge in [-0.1, -0.05) is 24.6 Å². The number of amides is 4. The van der Waals surface area contributed by atoms with Crippen molar-refractivity contribution in [2.24, 2.45) is 0 Å². The molecule has 2 heterocycles. The monoisotopic (exact) mass is 459 g/mol. The molecular weight excluding hydrogens is 426 g/mol. The van der Waals surface area contributed by atoms with E-state index in [4.69, 9.17) is 0 Å². The lowest BCUT2D eigenvalue weighted by atomic mass is 9.78. The van der Waals surface area contributed by atoms with E-state index in [1.807, 2.05) is 26.0 Å². The van der Waals surface area contributed by atoms with Crippen LogP contribution >= 0.6 is 0 Å². The number of benzene rings is 2. The van der Waals surface area contributed by atoms with Crippen LogP contribution in [0.4, 0.5) is 16.2 Å². The number of carbonyl (C=O) groups excluding carboxylic acids is 3. The first kappa shape index (κ1) is 23.7. The fourth-order valence-corrected chi connectivity index (χ4v) is 5.49. The van der Waals surface area contributed by atoms with E-state index >= 15 is 0 Å². The number of nitrogens with zero attached hydrogens (tertiary/aromatic N) is 2. The molecule has 2 aromatic rings. The fourth-order valence-electron chi connectivity index (χ4n) is 5.49. The molecule has 0 spiro atoms. The van der Waals surface area contributed by atoms with Crippen LogP contribution in [0, 0.1) is 13.8 Å². The predicted molar refractivity (Wildman–Crippen MR) is 136 cm³/mol. The van der Waals surface area contributed by atoms with Gasteiger partial charge in [0.1, 0.15) is 5.57 Å². The number of rotatable bonds is 3. The van der Waals surface area contributed by atoms with Crippen molar-refractivity contribution in [1.82, 2.24) is 5.32 Å². The third-order valence-corrected chi connectivity index (χ3v) is 6.87. The molecular formula is C28H33N3O3. The first-order chi connectivity index (χ1) is 15.9. The lowest BCUT2D eigenvalue weighted by molar-refractivity contribution is -0.122.